The molecule has 1 aliphatic carbocycles. The highest BCUT2D eigenvalue weighted by molar-refractivity contribution is 5.89. The highest BCUT2D eigenvalue weighted by atomic mass is 19.1. The number of halogens is 1. The van der Waals surface area contributed by atoms with Crippen LogP contribution in [0.25, 0.3) is 22.2 Å². The largest absolute Gasteiger partial charge is 0.358 e. The summed E-state index contributed by atoms with van der Waals surface area (Å²) in [5, 5.41) is 8.14. The second-order valence-corrected chi connectivity index (χ2v) is 6.96. The van der Waals surface area contributed by atoms with E-state index in [4.69, 9.17) is 4.52 Å². The minimum absolute atomic E-state index is 0.215. The third kappa shape index (κ3) is 3.17. The van der Waals surface area contributed by atoms with Crippen LogP contribution >= 0.6 is 0 Å². The zero-order chi connectivity index (χ0) is 19.1. The lowest BCUT2D eigenvalue weighted by Crippen LogP contribution is -2.09. The molecule has 7 nitrogen and oxygen atoms in total. The SMILES string of the molecule is CC(Nc1ncnc2ncc(-c3ccc(F)cc3)cc12)c1nc(C2CC2)no1. The van der Waals surface area contributed by atoms with Crippen molar-refractivity contribution >= 4 is 16.9 Å². The van der Waals surface area contributed by atoms with Gasteiger partial charge in [0.05, 0.1) is 5.39 Å². The molecular formula is C20H17FN6O. The molecule has 4 aromatic rings. The second-order valence-electron chi connectivity index (χ2n) is 6.96. The van der Waals surface area contributed by atoms with E-state index in [1.807, 2.05) is 13.0 Å². The van der Waals surface area contributed by atoms with Gasteiger partial charge in [0.15, 0.2) is 11.5 Å². The van der Waals surface area contributed by atoms with Crippen LogP contribution in [0.1, 0.15) is 43.4 Å². The van der Waals surface area contributed by atoms with Gasteiger partial charge in [-0.25, -0.2) is 19.3 Å². The van der Waals surface area contributed by atoms with Gasteiger partial charge in [-0.05, 0) is 43.5 Å². The fourth-order valence-corrected chi connectivity index (χ4v) is 3.06. The Kier molecular flexibility index (Phi) is 3.96. The Morgan fingerprint density at radius 3 is 2.71 bits per heavy atom. The van der Waals surface area contributed by atoms with E-state index in [-0.39, 0.29) is 11.9 Å². The number of hydrogen-bond donors (Lipinski definition) is 1. The van der Waals surface area contributed by atoms with Gasteiger partial charge in [-0.3, -0.25) is 0 Å². The van der Waals surface area contributed by atoms with Crippen LogP contribution in [-0.2, 0) is 0 Å². The van der Waals surface area contributed by atoms with Crippen molar-refractivity contribution in [1.82, 2.24) is 25.1 Å². The first-order chi connectivity index (χ1) is 13.7. The molecule has 0 spiro atoms. The Morgan fingerprint density at radius 2 is 1.93 bits per heavy atom. The minimum Gasteiger partial charge on any atom is -0.358 e. The maximum Gasteiger partial charge on any atom is 0.248 e. The van der Waals surface area contributed by atoms with E-state index >= 15 is 0 Å². The molecule has 1 N–H and O–H groups in total. The molecule has 0 aliphatic heterocycles. The molecule has 140 valence electrons. The summed E-state index contributed by atoms with van der Waals surface area (Å²) >= 11 is 0. The van der Waals surface area contributed by atoms with Crippen LogP contribution in [0.2, 0.25) is 0 Å². The van der Waals surface area contributed by atoms with Crippen LogP contribution in [0.15, 0.2) is 47.4 Å². The molecule has 1 fully saturated rings. The zero-order valence-corrected chi connectivity index (χ0v) is 15.1. The van der Waals surface area contributed by atoms with Crippen molar-refractivity contribution in [3.63, 3.8) is 0 Å². The van der Waals surface area contributed by atoms with Crippen LogP contribution in [0.3, 0.4) is 0 Å². The second kappa shape index (κ2) is 6.63. The highest BCUT2D eigenvalue weighted by Crippen LogP contribution is 2.38. The Balaban J connectivity index is 1.47. The number of rotatable bonds is 5. The Bertz CT molecular complexity index is 1140. The molecule has 0 bridgehead atoms. The average molecular weight is 376 g/mol. The quantitative estimate of drug-likeness (QED) is 0.556. The van der Waals surface area contributed by atoms with Crippen molar-refractivity contribution in [2.45, 2.75) is 31.7 Å². The number of anilines is 1. The van der Waals surface area contributed by atoms with Gasteiger partial charge in [-0.2, -0.15) is 4.98 Å². The van der Waals surface area contributed by atoms with Gasteiger partial charge in [-0.1, -0.05) is 17.3 Å². The predicted molar refractivity (Wildman–Crippen MR) is 101 cm³/mol. The van der Waals surface area contributed by atoms with E-state index < -0.39 is 0 Å². The van der Waals surface area contributed by atoms with Gasteiger partial charge in [0.1, 0.15) is 24.0 Å². The van der Waals surface area contributed by atoms with Crippen LogP contribution in [0, 0.1) is 5.82 Å². The van der Waals surface area contributed by atoms with Gasteiger partial charge in [0, 0.05) is 17.7 Å². The molecule has 1 saturated carbocycles. The van der Waals surface area contributed by atoms with E-state index in [0.717, 1.165) is 35.2 Å². The summed E-state index contributed by atoms with van der Waals surface area (Å²) in [6.07, 6.45) is 5.42. The van der Waals surface area contributed by atoms with Gasteiger partial charge < -0.3 is 9.84 Å². The number of hydrogen-bond acceptors (Lipinski definition) is 7. The van der Waals surface area contributed by atoms with Crippen LogP contribution < -0.4 is 5.32 Å². The number of aromatic nitrogens is 5. The van der Waals surface area contributed by atoms with E-state index in [1.54, 1.807) is 18.3 Å². The Morgan fingerprint density at radius 1 is 1.11 bits per heavy atom. The molecule has 0 saturated heterocycles. The summed E-state index contributed by atoms with van der Waals surface area (Å²) in [6.45, 7) is 1.94. The third-order valence-corrected chi connectivity index (χ3v) is 4.79. The molecule has 28 heavy (non-hydrogen) atoms. The molecule has 1 aliphatic rings. The van der Waals surface area contributed by atoms with Crippen molar-refractivity contribution < 1.29 is 8.91 Å². The average Bonchev–Trinajstić information content (AvgIpc) is 3.45. The third-order valence-electron chi connectivity index (χ3n) is 4.79. The van der Waals surface area contributed by atoms with Crippen molar-refractivity contribution in [3.05, 3.63) is 60.4 Å². The molecule has 1 atom stereocenters. The minimum atomic E-state index is -0.276. The number of nitrogens with zero attached hydrogens (tertiary/aromatic N) is 5. The normalized spacial score (nSPS) is 14.9. The molecule has 3 aromatic heterocycles. The lowest BCUT2D eigenvalue weighted by atomic mass is 10.1. The fourth-order valence-electron chi connectivity index (χ4n) is 3.06. The summed E-state index contributed by atoms with van der Waals surface area (Å²) in [6, 6.07) is 8.01. The molecular weight excluding hydrogens is 359 g/mol. The maximum absolute atomic E-state index is 13.2. The monoisotopic (exact) mass is 376 g/mol. The van der Waals surface area contributed by atoms with Crippen molar-refractivity contribution in [2.24, 2.45) is 0 Å². The maximum atomic E-state index is 13.2. The molecule has 5 rings (SSSR count). The molecule has 1 unspecified atom stereocenters. The molecule has 8 heteroatoms. The van der Waals surface area contributed by atoms with Crippen molar-refractivity contribution in [1.29, 1.82) is 0 Å². The fraction of sp³-hybridized carbons (Fsp3) is 0.250. The van der Waals surface area contributed by atoms with E-state index in [1.165, 1.54) is 18.5 Å². The topological polar surface area (TPSA) is 89.6 Å². The number of fused-ring (bicyclic) bond motifs is 1. The van der Waals surface area contributed by atoms with Crippen LogP contribution in [0.5, 0.6) is 0 Å². The zero-order valence-electron chi connectivity index (χ0n) is 15.1. The Labute approximate surface area is 160 Å². The lowest BCUT2D eigenvalue weighted by molar-refractivity contribution is 0.362. The summed E-state index contributed by atoms with van der Waals surface area (Å²) in [7, 11) is 0. The molecule has 3 heterocycles. The molecule has 1 aromatic carbocycles. The smallest absolute Gasteiger partial charge is 0.248 e. The van der Waals surface area contributed by atoms with Gasteiger partial charge in [-0.15, -0.1) is 0 Å². The number of benzene rings is 1. The first-order valence-electron chi connectivity index (χ1n) is 9.14. The van der Waals surface area contributed by atoms with Crippen molar-refractivity contribution in [2.75, 3.05) is 5.32 Å². The van der Waals surface area contributed by atoms with Gasteiger partial charge >= 0.3 is 0 Å². The van der Waals surface area contributed by atoms with E-state index in [0.29, 0.717) is 23.3 Å². The summed E-state index contributed by atoms with van der Waals surface area (Å²) in [4.78, 5) is 17.5. The van der Waals surface area contributed by atoms with Crippen LogP contribution in [0.4, 0.5) is 10.2 Å². The lowest BCUT2D eigenvalue weighted by Gasteiger charge is -2.12. The van der Waals surface area contributed by atoms with Gasteiger partial charge in [0.25, 0.3) is 0 Å². The van der Waals surface area contributed by atoms with Gasteiger partial charge in [0.2, 0.25) is 5.89 Å². The van der Waals surface area contributed by atoms with Crippen LogP contribution in [-0.4, -0.2) is 25.1 Å². The summed E-state index contributed by atoms with van der Waals surface area (Å²) in [5.41, 5.74) is 2.29. The molecule has 0 radical (unpaired) electrons. The van der Waals surface area contributed by atoms with E-state index in [2.05, 4.69) is 30.4 Å². The predicted octanol–water partition coefficient (Wildman–Crippen LogP) is 4.26. The van der Waals surface area contributed by atoms with Crippen molar-refractivity contribution in [3.8, 4) is 11.1 Å². The van der Waals surface area contributed by atoms with E-state index in [9.17, 15) is 4.39 Å². The highest BCUT2D eigenvalue weighted by Gasteiger charge is 2.29. The first kappa shape index (κ1) is 16.7. The number of nitrogens with one attached hydrogen (secondary N) is 1. The number of pyridine rings is 1. The standard InChI is InChI=1S/C20H17FN6O/c1-11(20-26-17(27-28-20)13-2-3-13)25-19-16-8-14(9-22-18(16)23-10-24-19)12-4-6-15(21)7-5-12/h4-11,13H,2-3H2,1H3,(H,22,23,24,25). The Hall–Kier alpha value is -3.42. The summed E-state index contributed by atoms with van der Waals surface area (Å²) < 4.78 is 18.6. The summed E-state index contributed by atoms with van der Waals surface area (Å²) in [5.74, 6) is 2.09. The molecule has 0 amide bonds. The first-order valence-corrected chi connectivity index (χ1v) is 9.14.